The van der Waals surface area contributed by atoms with E-state index < -0.39 is 0 Å². The van der Waals surface area contributed by atoms with Crippen molar-refractivity contribution < 1.29 is 4.74 Å². The Balaban J connectivity index is 2.82. The Kier molecular flexibility index (Phi) is 3.88. The average Bonchev–Trinajstić information content (AvgIpc) is 2.14. The molecule has 0 fully saturated rings. The number of ether oxygens (including phenoxy) is 1. The third kappa shape index (κ3) is 4.39. The van der Waals surface area contributed by atoms with Gasteiger partial charge >= 0.3 is 0 Å². The van der Waals surface area contributed by atoms with E-state index in [4.69, 9.17) is 10.5 Å². The minimum absolute atomic E-state index is 0.0474. The fraction of sp³-hybridized carbons (Fsp3) is 0.600. The van der Waals surface area contributed by atoms with Crippen molar-refractivity contribution in [1.29, 1.82) is 0 Å². The molecule has 0 radical (unpaired) electrons. The minimum Gasteiger partial charge on any atom is -0.488 e. The summed E-state index contributed by atoms with van der Waals surface area (Å²) in [5, 5.41) is 0. The van der Waals surface area contributed by atoms with Gasteiger partial charge in [0.15, 0.2) is 0 Å². The summed E-state index contributed by atoms with van der Waals surface area (Å²) in [4.78, 5) is 0. The molecule has 1 rings (SSSR count). The molecule has 2 heteroatoms. The van der Waals surface area contributed by atoms with E-state index in [-0.39, 0.29) is 17.1 Å². The standard InChI is InChI=1S/C15H25NO/c1-14(2,3)13(16)11-7-9-12(10-8-11)17-15(4,5)6/h7-10,13H,16H2,1-6H3/t13-/m0/s1. The Bertz CT molecular complexity index is 354. The maximum Gasteiger partial charge on any atom is 0.120 e. The van der Waals surface area contributed by atoms with Crippen LogP contribution in [0.25, 0.3) is 0 Å². The van der Waals surface area contributed by atoms with Crippen LogP contribution < -0.4 is 10.5 Å². The number of benzene rings is 1. The molecule has 1 aromatic rings. The zero-order chi connectivity index (χ0) is 13.3. The quantitative estimate of drug-likeness (QED) is 0.843. The van der Waals surface area contributed by atoms with Gasteiger partial charge in [0.25, 0.3) is 0 Å². The zero-order valence-electron chi connectivity index (χ0n) is 11.9. The highest BCUT2D eigenvalue weighted by Gasteiger charge is 2.22. The van der Waals surface area contributed by atoms with Gasteiger partial charge in [-0.15, -0.1) is 0 Å². The lowest BCUT2D eigenvalue weighted by Gasteiger charge is -2.28. The Morgan fingerprint density at radius 2 is 1.41 bits per heavy atom. The summed E-state index contributed by atoms with van der Waals surface area (Å²) in [6.45, 7) is 12.6. The van der Waals surface area contributed by atoms with Gasteiger partial charge in [-0.25, -0.2) is 0 Å². The molecule has 0 bridgehead atoms. The molecular weight excluding hydrogens is 210 g/mol. The van der Waals surface area contributed by atoms with Crippen molar-refractivity contribution in [2.24, 2.45) is 11.1 Å². The minimum atomic E-state index is -0.159. The van der Waals surface area contributed by atoms with Gasteiger partial charge in [0, 0.05) is 6.04 Å². The summed E-state index contributed by atoms with van der Waals surface area (Å²) in [6.07, 6.45) is 0. The molecule has 0 aromatic heterocycles. The molecule has 0 aliphatic rings. The first-order chi connectivity index (χ1) is 7.59. The Morgan fingerprint density at radius 1 is 0.941 bits per heavy atom. The maximum atomic E-state index is 6.21. The van der Waals surface area contributed by atoms with Crippen LogP contribution in [0.3, 0.4) is 0 Å². The van der Waals surface area contributed by atoms with Crippen LogP contribution in [0.15, 0.2) is 24.3 Å². The third-order valence-electron chi connectivity index (χ3n) is 2.60. The van der Waals surface area contributed by atoms with Crippen LogP contribution >= 0.6 is 0 Å². The SMILES string of the molecule is CC(C)(C)Oc1ccc([C@H](N)C(C)(C)C)cc1. The van der Waals surface area contributed by atoms with E-state index in [1.54, 1.807) is 0 Å². The third-order valence-corrected chi connectivity index (χ3v) is 2.60. The molecule has 0 aliphatic heterocycles. The van der Waals surface area contributed by atoms with Gasteiger partial charge in [-0.3, -0.25) is 0 Å². The van der Waals surface area contributed by atoms with Gasteiger partial charge < -0.3 is 10.5 Å². The molecule has 0 spiro atoms. The van der Waals surface area contributed by atoms with E-state index in [0.717, 1.165) is 11.3 Å². The topological polar surface area (TPSA) is 35.2 Å². The molecule has 1 aromatic carbocycles. The van der Waals surface area contributed by atoms with Crippen LogP contribution in [0.5, 0.6) is 5.75 Å². The largest absolute Gasteiger partial charge is 0.488 e. The first-order valence-corrected chi connectivity index (χ1v) is 6.14. The lowest BCUT2D eigenvalue weighted by molar-refractivity contribution is 0.131. The summed E-state index contributed by atoms with van der Waals surface area (Å²) < 4.78 is 5.78. The van der Waals surface area contributed by atoms with E-state index in [9.17, 15) is 0 Å². The molecule has 0 aliphatic carbocycles. The van der Waals surface area contributed by atoms with E-state index >= 15 is 0 Å². The normalized spacial score (nSPS) is 14.5. The zero-order valence-corrected chi connectivity index (χ0v) is 11.9. The van der Waals surface area contributed by atoms with Crippen LogP contribution in [-0.4, -0.2) is 5.60 Å². The van der Waals surface area contributed by atoms with Crippen LogP contribution in [0.2, 0.25) is 0 Å². The molecule has 17 heavy (non-hydrogen) atoms. The molecule has 0 saturated heterocycles. The predicted octanol–water partition coefficient (Wildman–Crippen LogP) is 3.91. The Hall–Kier alpha value is -1.02. The molecular formula is C15H25NO. The van der Waals surface area contributed by atoms with E-state index in [1.807, 2.05) is 32.9 Å². The summed E-state index contributed by atoms with van der Waals surface area (Å²) in [5.74, 6) is 0.891. The monoisotopic (exact) mass is 235 g/mol. The van der Waals surface area contributed by atoms with Crippen LogP contribution in [-0.2, 0) is 0 Å². The fourth-order valence-corrected chi connectivity index (χ4v) is 1.60. The van der Waals surface area contributed by atoms with Crippen molar-refractivity contribution in [2.75, 3.05) is 0 Å². The van der Waals surface area contributed by atoms with Crippen molar-refractivity contribution in [3.8, 4) is 5.75 Å². The van der Waals surface area contributed by atoms with Gasteiger partial charge in [-0.1, -0.05) is 32.9 Å². The molecule has 0 unspecified atom stereocenters. The number of hydrogen-bond donors (Lipinski definition) is 1. The summed E-state index contributed by atoms with van der Waals surface area (Å²) in [5.41, 5.74) is 7.28. The predicted molar refractivity (Wildman–Crippen MR) is 73.2 cm³/mol. The van der Waals surface area contributed by atoms with Crippen LogP contribution in [0.1, 0.15) is 53.1 Å². The second-order valence-corrected chi connectivity index (χ2v) is 6.63. The number of nitrogens with two attached hydrogens (primary N) is 1. The second kappa shape index (κ2) is 4.69. The van der Waals surface area contributed by atoms with Crippen molar-refractivity contribution in [3.05, 3.63) is 29.8 Å². The van der Waals surface area contributed by atoms with Crippen LogP contribution in [0.4, 0.5) is 0 Å². The highest BCUT2D eigenvalue weighted by atomic mass is 16.5. The van der Waals surface area contributed by atoms with E-state index in [0.29, 0.717) is 0 Å². The molecule has 96 valence electrons. The fourth-order valence-electron chi connectivity index (χ4n) is 1.60. The number of hydrogen-bond acceptors (Lipinski definition) is 2. The van der Waals surface area contributed by atoms with Gasteiger partial charge in [-0.05, 0) is 43.9 Å². The average molecular weight is 235 g/mol. The van der Waals surface area contributed by atoms with Crippen molar-refractivity contribution in [3.63, 3.8) is 0 Å². The molecule has 0 saturated carbocycles. The summed E-state index contributed by atoms with van der Waals surface area (Å²) in [7, 11) is 0. The Labute approximate surface area is 105 Å². The molecule has 1 atom stereocenters. The first kappa shape index (κ1) is 14.0. The molecule has 2 nitrogen and oxygen atoms in total. The van der Waals surface area contributed by atoms with Crippen molar-refractivity contribution in [2.45, 2.75) is 53.2 Å². The van der Waals surface area contributed by atoms with Gasteiger partial charge in [0.2, 0.25) is 0 Å². The van der Waals surface area contributed by atoms with Gasteiger partial charge in [-0.2, -0.15) is 0 Å². The highest BCUT2D eigenvalue weighted by molar-refractivity contribution is 5.30. The Morgan fingerprint density at radius 3 is 1.76 bits per heavy atom. The maximum absolute atomic E-state index is 6.21. The van der Waals surface area contributed by atoms with Crippen molar-refractivity contribution >= 4 is 0 Å². The van der Waals surface area contributed by atoms with Gasteiger partial charge in [0.05, 0.1) is 0 Å². The molecule has 0 heterocycles. The van der Waals surface area contributed by atoms with Crippen molar-refractivity contribution in [1.82, 2.24) is 0 Å². The summed E-state index contributed by atoms with van der Waals surface area (Å²) in [6, 6.07) is 8.14. The highest BCUT2D eigenvalue weighted by Crippen LogP contribution is 2.31. The summed E-state index contributed by atoms with van der Waals surface area (Å²) >= 11 is 0. The van der Waals surface area contributed by atoms with E-state index in [1.165, 1.54) is 0 Å². The lowest BCUT2D eigenvalue weighted by atomic mass is 9.83. The molecule has 2 N–H and O–H groups in total. The van der Waals surface area contributed by atoms with E-state index in [2.05, 4.69) is 32.9 Å². The smallest absolute Gasteiger partial charge is 0.120 e. The number of rotatable bonds is 2. The first-order valence-electron chi connectivity index (χ1n) is 6.14. The van der Waals surface area contributed by atoms with Crippen LogP contribution in [0, 0.1) is 5.41 Å². The lowest BCUT2D eigenvalue weighted by Crippen LogP contribution is -2.26. The van der Waals surface area contributed by atoms with Gasteiger partial charge in [0.1, 0.15) is 11.4 Å². The molecule has 0 amide bonds. The second-order valence-electron chi connectivity index (χ2n) is 6.63.